The van der Waals surface area contributed by atoms with Crippen LogP contribution in [0.5, 0.6) is 0 Å². The third kappa shape index (κ3) is 12.8. The molecule has 322 valence electrons. The van der Waals surface area contributed by atoms with E-state index >= 15 is 0 Å². The Kier molecular flexibility index (Phi) is 19.1. The van der Waals surface area contributed by atoms with Gasteiger partial charge in [0.25, 0.3) is 0 Å². The van der Waals surface area contributed by atoms with Gasteiger partial charge in [-0.05, 0) is 182 Å². The number of aliphatic hydroxyl groups excluding tert-OH is 1. The van der Waals surface area contributed by atoms with Crippen molar-refractivity contribution in [2.45, 2.75) is 220 Å². The predicted molar refractivity (Wildman–Crippen MR) is 232 cm³/mol. The number of allylic oxidation sites excluding steroid dienone is 2. The van der Waals surface area contributed by atoms with Gasteiger partial charge in [0.1, 0.15) is 6.10 Å². The fraction of sp³-hybridized carbons (Fsp3) is 0.920. The van der Waals surface area contributed by atoms with Crippen molar-refractivity contribution >= 4 is 11.9 Å². The molecule has 0 spiro atoms. The number of fused-ring (bicyclic) bond motifs is 5. The Morgan fingerprint density at radius 3 is 2.18 bits per heavy atom. The van der Waals surface area contributed by atoms with E-state index in [4.69, 9.17) is 4.74 Å². The maximum atomic E-state index is 12.9. The van der Waals surface area contributed by atoms with Crippen molar-refractivity contribution in [2.24, 2.45) is 46.3 Å². The van der Waals surface area contributed by atoms with E-state index in [0.717, 1.165) is 64.3 Å². The van der Waals surface area contributed by atoms with Gasteiger partial charge < -0.3 is 20.1 Å². The van der Waals surface area contributed by atoms with Crippen LogP contribution in [-0.4, -0.2) is 60.3 Å². The van der Waals surface area contributed by atoms with Crippen LogP contribution in [0.1, 0.15) is 207 Å². The predicted octanol–water partition coefficient (Wildman–Crippen LogP) is 12.0. The number of hydrogen-bond acceptors (Lipinski definition) is 5. The first kappa shape index (κ1) is 45.7. The number of carbonyl (C=O) groups excluding carboxylic acids is 2. The summed E-state index contributed by atoms with van der Waals surface area (Å²) < 4.78 is 6.13. The van der Waals surface area contributed by atoms with Crippen LogP contribution in [0.3, 0.4) is 0 Å². The number of carbonyl (C=O) groups is 2. The fourth-order valence-electron chi connectivity index (χ4n) is 13.2. The number of hydrogen-bond donors (Lipinski definition) is 2. The number of nitrogens with one attached hydrogen (secondary N) is 1. The average Bonchev–Trinajstić information content (AvgIpc) is 3.83. The molecule has 10 atom stereocenters. The first-order chi connectivity index (χ1) is 27.2. The summed E-state index contributed by atoms with van der Waals surface area (Å²) >= 11 is 0. The number of amides is 1. The van der Waals surface area contributed by atoms with E-state index in [0.29, 0.717) is 48.3 Å². The third-order valence-electron chi connectivity index (χ3n) is 16.6. The maximum Gasteiger partial charge on any atom is 0.306 e. The maximum absolute atomic E-state index is 12.9. The molecule has 56 heavy (non-hydrogen) atoms. The van der Waals surface area contributed by atoms with Crippen molar-refractivity contribution in [3.8, 4) is 0 Å². The van der Waals surface area contributed by atoms with Crippen LogP contribution in [0.2, 0.25) is 0 Å². The van der Waals surface area contributed by atoms with E-state index in [1.807, 2.05) is 0 Å². The second-order valence-corrected chi connectivity index (χ2v) is 20.4. The Morgan fingerprint density at radius 2 is 1.45 bits per heavy atom. The lowest BCUT2D eigenvalue weighted by molar-refractivity contribution is -0.183. The van der Waals surface area contributed by atoms with Gasteiger partial charge in [0, 0.05) is 19.4 Å². The van der Waals surface area contributed by atoms with Crippen LogP contribution in [0.4, 0.5) is 0 Å². The molecule has 6 heteroatoms. The Balaban J connectivity index is 0.961. The number of rotatable bonds is 25. The minimum Gasteiger partial charge on any atom is -0.462 e. The van der Waals surface area contributed by atoms with Crippen molar-refractivity contribution in [3.05, 3.63) is 12.2 Å². The summed E-state index contributed by atoms with van der Waals surface area (Å²) in [6.07, 6.45) is 36.9. The Hall–Kier alpha value is -1.40. The van der Waals surface area contributed by atoms with Gasteiger partial charge >= 0.3 is 5.97 Å². The van der Waals surface area contributed by atoms with Crippen molar-refractivity contribution in [3.63, 3.8) is 0 Å². The standard InChI is InChI=1S/C50H88N2O4/c1-5-6-7-8-9-10-11-12-13-14-15-16-17-18-19-24-47(55)56-41-29-31-49(3)40(37-41)38-45(53)48-43-27-26-42(50(43,4)32-30-44(48)49)39(2)25-28-46(54)51-33-20-21-34-52-35-22-23-36-52/h13-14,39-45,48,53H,5-12,15-38H2,1-4H3,(H,51,54)/b14-13+/t39-,40+,41-,42-,43+,44+,45+,48+,49+,50-/m1/s1. The summed E-state index contributed by atoms with van der Waals surface area (Å²) in [7, 11) is 0. The number of aliphatic hydroxyl groups is 1. The number of esters is 1. The zero-order valence-corrected chi connectivity index (χ0v) is 37.0. The molecule has 0 radical (unpaired) electrons. The van der Waals surface area contributed by atoms with E-state index in [-0.39, 0.29) is 34.9 Å². The molecule has 0 aromatic rings. The van der Waals surface area contributed by atoms with E-state index < -0.39 is 0 Å². The van der Waals surface area contributed by atoms with E-state index in [2.05, 4.69) is 50.1 Å². The van der Waals surface area contributed by atoms with Crippen LogP contribution in [-0.2, 0) is 14.3 Å². The summed E-state index contributed by atoms with van der Waals surface area (Å²) in [5.74, 6) is 3.34. The summed E-state index contributed by atoms with van der Waals surface area (Å²) in [5, 5.41) is 15.1. The summed E-state index contributed by atoms with van der Waals surface area (Å²) in [5.41, 5.74) is 0.486. The second-order valence-electron chi connectivity index (χ2n) is 20.4. The van der Waals surface area contributed by atoms with Crippen LogP contribution in [0.15, 0.2) is 12.2 Å². The quantitative estimate of drug-likeness (QED) is 0.0548. The molecule has 1 saturated heterocycles. The lowest BCUT2D eigenvalue weighted by Gasteiger charge is -2.62. The van der Waals surface area contributed by atoms with Crippen LogP contribution in [0.25, 0.3) is 0 Å². The van der Waals surface area contributed by atoms with Crippen LogP contribution >= 0.6 is 0 Å². The van der Waals surface area contributed by atoms with Gasteiger partial charge in [-0.15, -0.1) is 0 Å². The van der Waals surface area contributed by atoms with Crippen LogP contribution < -0.4 is 5.32 Å². The van der Waals surface area contributed by atoms with E-state index in [9.17, 15) is 14.7 Å². The second kappa shape index (κ2) is 23.4. The zero-order valence-electron chi connectivity index (χ0n) is 37.0. The summed E-state index contributed by atoms with van der Waals surface area (Å²) in [6.45, 7) is 14.3. The molecular weight excluding hydrogens is 693 g/mol. The zero-order chi connectivity index (χ0) is 39.8. The highest BCUT2D eigenvalue weighted by molar-refractivity contribution is 5.75. The molecule has 1 aliphatic heterocycles. The lowest BCUT2D eigenvalue weighted by atomic mass is 9.43. The molecule has 1 heterocycles. The average molecular weight is 781 g/mol. The first-order valence-electron chi connectivity index (χ1n) is 24.7. The number of likely N-dealkylation sites (tertiary alicyclic amines) is 1. The van der Waals surface area contributed by atoms with Gasteiger partial charge in [-0.3, -0.25) is 9.59 Å². The van der Waals surface area contributed by atoms with E-state index in [1.165, 1.54) is 129 Å². The minimum absolute atomic E-state index is 0.00706. The topological polar surface area (TPSA) is 78.9 Å². The Morgan fingerprint density at radius 1 is 0.786 bits per heavy atom. The molecule has 4 saturated carbocycles. The van der Waals surface area contributed by atoms with Crippen LogP contribution in [0, 0.1) is 46.3 Å². The summed E-state index contributed by atoms with van der Waals surface area (Å²) in [4.78, 5) is 28.3. The highest BCUT2D eigenvalue weighted by atomic mass is 16.5. The molecular formula is C50H88N2O4. The summed E-state index contributed by atoms with van der Waals surface area (Å²) in [6, 6.07) is 0. The van der Waals surface area contributed by atoms with Gasteiger partial charge in [0.15, 0.2) is 0 Å². The lowest BCUT2D eigenvalue weighted by Crippen LogP contribution is -2.58. The minimum atomic E-state index is -0.252. The molecule has 0 aromatic heterocycles. The largest absolute Gasteiger partial charge is 0.462 e. The molecule has 5 rings (SSSR count). The number of nitrogens with zero attached hydrogens (tertiary/aromatic N) is 1. The monoisotopic (exact) mass is 781 g/mol. The normalized spacial score (nSPS) is 33.6. The molecule has 0 bridgehead atoms. The van der Waals surface area contributed by atoms with Crippen molar-refractivity contribution < 1.29 is 19.4 Å². The SMILES string of the molecule is CCCCCCCCC/C=C/CCCCCCC(=O)O[C@@H]1CC[C@@]2(C)[C@@H](C1)C[C@H](O)[C@@H]1[C@@H]2CC[C@]2(C)[C@@H]([C@H](C)CCC(=O)NCCCCN3CCCC3)CC[C@@H]12. The highest BCUT2D eigenvalue weighted by Crippen LogP contribution is 2.68. The third-order valence-corrected chi connectivity index (χ3v) is 16.6. The molecule has 0 unspecified atom stereocenters. The Bertz CT molecular complexity index is 1180. The van der Waals surface area contributed by atoms with Gasteiger partial charge in [0.2, 0.25) is 5.91 Å². The number of unbranched alkanes of at least 4 members (excludes halogenated alkanes) is 12. The van der Waals surface area contributed by atoms with Gasteiger partial charge in [0.05, 0.1) is 6.10 Å². The van der Waals surface area contributed by atoms with Gasteiger partial charge in [-0.1, -0.05) is 91.2 Å². The van der Waals surface area contributed by atoms with E-state index in [1.54, 1.807) is 0 Å². The first-order valence-corrected chi connectivity index (χ1v) is 24.7. The molecule has 1 amide bonds. The van der Waals surface area contributed by atoms with Gasteiger partial charge in [-0.2, -0.15) is 0 Å². The smallest absolute Gasteiger partial charge is 0.306 e. The molecule has 2 N–H and O–H groups in total. The molecule has 5 aliphatic rings. The van der Waals surface area contributed by atoms with Crippen molar-refractivity contribution in [2.75, 3.05) is 26.2 Å². The van der Waals surface area contributed by atoms with Gasteiger partial charge in [-0.25, -0.2) is 0 Å². The molecule has 0 aromatic carbocycles. The molecule has 5 fully saturated rings. The van der Waals surface area contributed by atoms with Crippen molar-refractivity contribution in [1.29, 1.82) is 0 Å². The molecule has 6 nitrogen and oxygen atoms in total. The number of ether oxygens (including phenoxy) is 1. The molecule has 4 aliphatic carbocycles. The highest BCUT2D eigenvalue weighted by Gasteiger charge is 2.63. The van der Waals surface area contributed by atoms with Crippen molar-refractivity contribution in [1.82, 2.24) is 10.2 Å². The Labute approximate surface area is 344 Å². The fourth-order valence-corrected chi connectivity index (χ4v) is 13.2.